The molecule has 188 valence electrons. The van der Waals surface area contributed by atoms with Gasteiger partial charge in [0.15, 0.2) is 0 Å². The molecule has 6 unspecified atom stereocenters. The van der Waals surface area contributed by atoms with Gasteiger partial charge in [-0.25, -0.2) is 0 Å². The van der Waals surface area contributed by atoms with Crippen LogP contribution in [0.5, 0.6) is 0 Å². The van der Waals surface area contributed by atoms with Gasteiger partial charge in [-0.05, 0) is 152 Å². The Morgan fingerprint density at radius 3 is 1.61 bits per heavy atom. The zero-order valence-electron chi connectivity index (χ0n) is 23.2. The minimum absolute atomic E-state index is 0.694. The lowest BCUT2D eigenvalue weighted by Gasteiger charge is -2.59. The van der Waals surface area contributed by atoms with E-state index in [9.17, 15) is 0 Å². The second-order valence-electron chi connectivity index (χ2n) is 16.8. The monoisotopic (exact) mass is 452 g/mol. The Labute approximate surface area is 206 Å². The quantitative estimate of drug-likeness (QED) is 0.321. The van der Waals surface area contributed by atoms with Gasteiger partial charge in [0, 0.05) is 0 Å². The van der Waals surface area contributed by atoms with E-state index >= 15 is 0 Å². The lowest BCUT2D eigenvalue weighted by molar-refractivity contribution is -0.0876. The summed E-state index contributed by atoms with van der Waals surface area (Å²) in [6.45, 7) is 14.9. The highest BCUT2D eigenvalue weighted by atomic mass is 14.7. The molecule has 33 heavy (non-hydrogen) atoms. The standard InChI is InChI=1S/C14H22.C12H20.C7H14/c1-14(2)7-10-6-11(14)13-9-4-3-8(5-9)12(10)13;1-12(2)10-4-8-3-9(6-10)7-11(12)5-8;1-7(2)5-3-4-6-7/h8-13H,3-7H2,1-2H3;8-11H,3-7H2,1-2H3;3-6H2,1-2H3. The van der Waals surface area contributed by atoms with Gasteiger partial charge < -0.3 is 0 Å². The van der Waals surface area contributed by atoms with Gasteiger partial charge in [-0.1, -0.05) is 54.4 Å². The summed E-state index contributed by atoms with van der Waals surface area (Å²) in [5, 5.41) is 0. The molecule has 0 aromatic rings. The van der Waals surface area contributed by atoms with Crippen molar-refractivity contribution >= 4 is 0 Å². The van der Waals surface area contributed by atoms with Gasteiger partial charge in [-0.3, -0.25) is 0 Å². The molecule has 0 saturated heterocycles. The SMILES string of the molecule is CC1(C)C2CC3CC(C2)CC1C3.CC1(C)CC2CC1C1C3CCC(C3)C21.CC1(C)CCCC1. The molecule has 0 heteroatoms. The van der Waals surface area contributed by atoms with E-state index in [-0.39, 0.29) is 0 Å². The van der Waals surface area contributed by atoms with Crippen LogP contribution in [0.2, 0.25) is 0 Å². The van der Waals surface area contributed by atoms with Crippen molar-refractivity contribution in [2.45, 2.75) is 131 Å². The topological polar surface area (TPSA) is 0 Å². The number of hydrogen-bond acceptors (Lipinski definition) is 0. The summed E-state index contributed by atoms with van der Waals surface area (Å²) in [6, 6.07) is 0. The highest BCUT2D eigenvalue weighted by Crippen LogP contribution is 2.71. The van der Waals surface area contributed by atoms with E-state index in [1.807, 2.05) is 0 Å². The van der Waals surface area contributed by atoms with Crippen molar-refractivity contribution in [1.29, 1.82) is 0 Å². The van der Waals surface area contributed by atoms with Crippen LogP contribution in [0, 0.1) is 75.4 Å². The summed E-state index contributed by atoms with van der Waals surface area (Å²) in [5.41, 5.74) is 2.10. The van der Waals surface area contributed by atoms with Crippen molar-refractivity contribution in [3.05, 3.63) is 0 Å². The minimum Gasteiger partial charge on any atom is -0.0599 e. The molecule has 0 nitrogen and oxygen atoms in total. The molecule has 6 atom stereocenters. The average molecular weight is 453 g/mol. The Bertz CT molecular complexity index is 686. The molecular formula is C33H56. The van der Waals surface area contributed by atoms with E-state index in [0.29, 0.717) is 16.2 Å². The van der Waals surface area contributed by atoms with Crippen LogP contribution in [0.25, 0.3) is 0 Å². The van der Waals surface area contributed by atoms with E-state index in [1.54, 1.807) is 64.2 Å². The summed E-state index contributed by atoms with van der Waals surface area (Å²) in [4.78, 5) is 0. The van der Waals surface area contributed by atoms with Gasteiger partial charge >= 0.3 is 0 Å². The second-order valence-corrected chi connectivity index (χ2v) is 16.8. The van der Waals surface area contributed by atoms with Crippen LogP contribution < -0.4 is 0 Å². The summed E-state index contributed by atoms with van der Waals surface area (Å²) >= 11 is 0. The predicted molar refractivity (Wildman–Crippen MR) is 141 cm³/mol. The largest absolute Gasteiger partial charge is 0.0599 e. The zero-order chi connectivity index (χ0) is 23.2. The van der Waals surface area contributed by atoms with Crippen molar-refractivity contribution in [1.82, 2.24) is 0 Å². The van der Waals surface area contributed by atoms with Gasteiger partial charge in [-0.2, -0.15) is 0 Å². The molecule has 0 amide bonds. The predicted octanol–water partition coefficient (Wildman–Crippen LogP) is 9.77. The van der Waals surface area contributed by atoms with E-state index in [1.165, 1.54) is 49.4 Å². The minimum atomic E-state index is 0.694. The fourth-order valence-electron chi connectivity index (χ4n) is 11.9. The van der Waals surface area contributed by atoms with Crippen LogP contribution in [0.1, 0.15) is 131 Å². The van der Waals surface area contributed by atoms with Crippen molar-refractivity contribution < 1.29 is 0 Å². The van der Waals surface area contributed by atoms with Gasteiger partial charge in [0.2, 0.25) is 0 Å². The molecule has 9 saturated carbocycles. The maximum Gasteiger partial charge on any atom is -0.0297 e. The Hall–Kier alpha value is 0. The number of hydrogen-bond donors (Lipinski definition) is 0. The third-order valence-electron chi connectivity index (χ3n) is 13.6. The van der Waals surface area contributed by atoms with E-state index in [0.717, 1.165) is 35.5 Å². The first-order valence-electron chi connectivity index (χ1n) is 15.5. The van der Waals surface area contributed by atoms with Crippen molar-refractivity contribution in [2.24, 2.45) is 75.4 Å². The smallest absolute Gasteiger partial charge is 0.0297 e. The Morgan fingerprint density at radius 2 is 1.09 bits per heavy atom. The number of rotatable bonds is 0. The fourth-order valence-corrected chi connectivity index (χ4v) is 11.9. The summed E-state index contributed by atoms with van der Waals surface area (Å²) < 4.78 is 0. The first kappa shape index (κ1) is 23.4. The number of fused-ring (bicyclic) bond motifs is 9. The molecule has 0 aromatic carbocycles. The van der Waals surface area contributed by atoms with Crippen molar-refractivity contribution in [3.8, 4) is 0 Å². The normalized spacial score (nSPS) is 52.2. The molecule has 9 fully saturated rings. The average Bonchev–Trinajstić information content (AvgIpc) is 3.52. The molecule has 0 aromatic heterocycles. The summed E-state index contributed by atoms with van der Waals surface area (Å²) in [6.07, 6.45) is 21.7. The molecule has 9 aliphatic carbocycles. The first-order chi connectivity index (χ1) is 15.5. The van der Waals surface area contributed by atoms with Crippen LogP contribution in [-0.2, 0) is 0 Å². The van der Waals surface area contributed by atoms with Crippen LogP contribution in [0.3, 0.4) is 0 Å². The van der Waals surface area contributed by atoms with E-state index in [2.05, 4.69) is 41.5 Å². The van der Waals surface area contributed by atoms with Crippen LogP contribution in [0.4, 0.5) is 0 Å². The molecule has 0 aliphatic heterocycles. The fraction of sp³-hybridized carbons (Fsp3) is 1.00. The Kier molecular flexibility index (Phi) is 5.67. The third kappa shape index (κ3) is 3.99. The van der Waals surface area contributed by atoms with Gasteiger partial charge in [0.25, 0.3) is 0 Å². The molecule has 8 bridgehead atoms. The van der Waals surface area contributed by atoms with Crippen LogP contribution in [0.15, 0.2) is 0 Å². The third-order valence-corrected chi connectivity index (χ3v) is 13.6. The van der Waals surface area contributed by atoms with E-state index < -0.39 is 0 Å². The van der Waals surface area contributed by atoms with Crippen molar-refractivity contribution in [3.63, 3.8) is 0 Å². The van der Waals surface area contributed by atoms with Crippen LogP contribution >= 0.6 is 0 Å². The molecule has 0 radical (unpaired) electrons. The van der Waals surface area contributed by atoms with Crippen molar-refractivity contribution in [2.75, 3.05) is 0 Å². The second kappa shape index (κ2) is 8.00. The molecular weight excluding hydrogens is 396 g/mol. The molecule has 0 N–H and O–H groups in total. The highest BCUT2D eigenvalue weighted by Gasteiger charge is 2.64. The summed E-state index contributed by atoms with van der Waals surface area (Å²) in [5.74, 6) is 11.5. The summed E-state index contributed by atoms with van der Waals surface area (Å²) in [7, 11) is 0. The van der Waals surface area contributed by atoms with Gasteiger partial charge in [-0.15, -0.1) is 0 Å². The highest BCUT2D eigenvalue weighted by molar-refractivity contribution is 5.13. The zero-order valence-corrected chi connectivity index (χ0v) is 23.2. The molecule has 9 aliphatic rings. The maximum absolute atomic E-state index is 2.54. The van der Waals surface area contributed by atoms with Crippen LogP contribution in [-0.4, -0.2) is 0 Å². The maximum atomic E-state index is 2.54. The van der Waals surface area contributed by atoms with Gasteiger partial charge in [0.05, 0.1) is 0 Å². The first-order valence-corrected chi connectivity index (χ1v) is 15.5. The van der Waals surface area contributed by atoms with E-state index in [4.69, 9.17) is 0 Å². The Morgan fingerprint density at radius 1 is 0.545 bits per heavy atom. The van der Waals surface area contributed by atoms with Gasteiger partial charge in [0.1, 0.15) is 0 Å². The lowest BCUT2D eigenvalue weighted by atomic mass is 9.46. The lowest BCUT2D eigenvalue weighted by Crippen LogP contribution is -2.49. The Balaban J connectivity index is 0.0000000994. The molecule has 9 rings (SSSR count). The molecule has 0 heterocycles. The molecule has 0 spiro atoms.